The quantitative estimate of drug-likeness (QED) is 0.636. The lowest BCUT2D eigenvalue weighted by atomic mass is 10.2. The lowest BCUT2D eigenvalue weighted by molar-refractivity contribution is -0.118. The molecule has 3 rings (SSSR count). The smallest absolute Gasteiger partial charge is 0.230 e. The maximum atomic E-state index is 11.8. The first-order valence-electron chi connectivity index (χ1n) is 6.93. The van der Waals surface area contributed by atoms with Gasteiger partial charge in [0, 0.05) is 10.6 Å². The van der Waals surface area contributed by atoms with E-state index in [2.05, 4.69) is 15.5 Å². The molecule has 1 aromatic carbocycles. The van der Waals surface area contributed by atoms with E-state index in [1.807, 2.05) is 24.3 Å². The third kappa shape index (κ3) is 4.50. The second-order valence-electron chi connectivity index (χ2n) is 4.74. The summed E-state index contributed by atoms with van der Waals surface area (Å²) in [6.07, 6.45) is 0. The summed E-state index contributed by atoms with van der Waals surface area (Å²) in [5.41, 5.74) is 6.42. The molecule has 3 N–H and O–H groups in total. The summed E-state index contributed by atoms with van der Waals surface area (Å²) in [5.74, 6) is 1.55. The SMILES string of the molecule is Nc1nnc(SCC(=O)NCc2ccc(-c3ccc(Cl)cc3)o2)s1. The van der Waals surface area contributed by atoms with E-state index >= 15 is 0 Å². The van der Waals surface area contributed by atoms with Crippen LogP contribution in [-0.4, -0.2) is 21.9 Å². The Balaban J connectivity index is 1.49. The monoisotopic (exact) mass is 380 g/mol. The summed E-state index contributed by atoms with van der Waals surface area (Å²) in [5, 5.41) is 11.4. The standard InChI is InChI=1S/C15H13ClN4O2S2/c16-10-3-1-9(2-4-10)12-6-5-11(22-12)7-18-13(21)8-23-15-20-19-14(17)24-15/h1-6H,7-8H2,(H2,17,19)(H,18,21). The fourth-order valence-corrected chi connectivity index (χ4v) is 3.48. The molecule has 2 heterocycles. The van der Waals surface area contributed by atoms with E-state index in [1.165, 1.54) is 23.1 Å². The summed E-state index contributed by atoms with van der Waals surface area (Å²) in [7, 11) is 0. The van der Waals surface area contributed by atoms with Crippen molar-refractivity contribution < 1.29 is 9.21 Å². The number of furan rings is 1. The van der Waals surface area contributed by atoms with Crippen LogP contribution in [0.15, 0.2) is 45.2 Å². The summed E-state index contributed by atoms with van der Waals surface area (Å²) < 4.78 is 6.40. The number of carbonyl (C=O) groups is 1. The van der Waals surface area contributed by atoms with E-state index in [0.29, 0.717) is 26.8 Å². The van der Waals surface area contributed by atoms with Gasteiger partial charge in [-0.1, -0.05) is 34.7 Å². The summed E-state index contributed by atoms with van der Waals surface area (Å²) in [4.78, 5) is 11.8. The predicted molar refractivity (Wildman–Crippen MR) is 96.0 cm³/mol. The summed E-state index contributed by atoms with van der Waals surface area (Å²) >= 11 is 8.42. The third-order valence-corrected chi connectivity index (χ3v) is 5.14. The maximum Gasteiger partial charge on any atom is 0.230 e. The molecular formula is C15H13ClN4O2S2. The first kappa shape index (κ1) is 16.8. The zero-order valence-corrected chi connectivity index (χ0v) is 14.7. The first-order valence-corrected chi connectivity index (χ1v) is 9.11. The molecule has 0 bridgehead atoms. The zero-order chi connectivity index (χ0) is 16.9. The minimum absolute atomic E-state index is 0.113. The number of amides is 1. The number of benzene rings is 1. The largest absolute Gasteiger partial charge is 0.459 e. The van der Waals surface area contributed by atoms with Crippen LogP contribution in [0.4, 0.5) is 5.13 Å². The second kappa shape index (κ2) is 7.69. The molecule has 0 spiro atoms. The topological polar surface area (TPSA) is 94.0 Å². The van der Waals surface area contributed by atoms with Crippen molar-refractivity contribution in [3.05, 3.63) is 47.2 Å². The lowest BCUT2D eigenvalue weighted by Gasteiger charge is -2.02. The number of hydrogen-bond donors (Lipinski definition) is 2. The second-order valence-corrected chi connectivity index (χ2v) is 7.41. The number of anilines is 1. The van der Waals surface area contributed by atoms with Crippen molar-refractivity contribution in [3.63, 3.8) is 0 Å². The maximum absolute atomic E-state index is 11.8. The van der Waals surface area contributed by atoms with E-state index in [1.54, 1.807) is 12.1 Å². The van der Waals surface area contributed by atoms with Gasteiger partial charge in [-0.3, -0.25) is 4.79 Å². The van der Waals surface area contributed by atoms with Crippen LogP contribution in [0, 0.1) is 0 Å². The van der Waals surface area contributed by atoms with Gasteiger partial charge in [-0.15, -0.1) is 10.2 Å². The van der Waals surface area contributed by atoms with Gasteiger partial charge < -0.3 is 15.5 Å². The highest BCUT2D eigenvalue weighted by Gasteiger charge is 2.09. The predicted octanol–water partition coefficient (Wildman–Crippen LogP) is 3.44. The summed E-state index contributed by atoms with van der Waals surface area (Å²) in [6.45, 7) is 0.325. The molecule has 0 saturated carbocycles. The summed E-state index contributed by atoms with van der Waals surface area (Å²) in [6, 6.07) is 11.1. The fourth-order valence-electron chi connectivity index (χ4n) is 1.88. The average Bonchev–Trinajstić information content (AvgIpc) is 3.21. The first-order chi connectivity index (χ1) is 11.6. The molecule has 0 fully saturated rings. The Bertz CT molecular complexity index is 832. The van der Waals surface area contributed by atoms with Crippen molar-refractivity contribution in [2.24, 2.45) is 0 Å². The molecule has 0 aliphatic rings. The van der Waals surface area contributed by atoms with Gasteiger partial charge in [-0.2, -0.15) is 0 Å². The molecule has 9 heteroatoms. The molecule has 2 aromatic heterocycles. The molecule has 6 nitrogen and oxygen atoms in total. The Morgan fingerprint density at radius 3 is 2.75 bits per heavy atom. The van der Waals surface area contributed by atoms with Crippen LogP contribution in [-0.2, 0) is 11.3 Å². The molecule has 0 aliphatic heterocycles. The average molecular weight is 381 g/mol. The lowest BCUT2D eigenvalue weighted by Crippen LogP contribution is -2.24. The van der Waals surface area contributed by atoms with Crippen LogP contribution in [0.2, 0.25) is 5.02 Å². The van der Waals surface area contributed by atoms with Gasteiger partial charge in [-0.25, -0.2) is 0 Å². The van der Waals surface area contributed by atoms with Crippen molar-refractivity contribution in [2.75, 3.05) is 11.5 Å². The number of hydrogen-bond acceptors (Lipinski definition) is 7. The highest BCUT2D eigenvalue weighted by atomic mass is 35.5. The molecule has 0 atom stereocenters. The van der Waals surface area contributed by atoms with Crippen molar-refractivity contribution in [2.45, 2.75) is 10.9 Å². The van der Waals surface area contributed by atoms with Gasteiger partial charge in [0.2, 0.25) is 11.0 Å². The number of nitrogen functional groups attached to an aromatic ring is 1. The Labute approximate surface area is 151 Å². The molecule has 1 amide bonds. The van der Waals surface area contributed by atoms with Gasteiger partial charge in [0.25, 0.3) is 0 Å². The molecule has 3 aromatic rings. The van der Waals surface area contributed by atoms with Crippen molar-refractivity contribution in [1.29, 1.82) is 0 Å². The third-order valence-electron chi connectivity index (χ3n) is 3.00. The zero-order valence-electron chi connectivity index (χ0n) is 12.4. The Kier molecular flexibility index (Phi) is 5.39. The van der Waals surface area contributed by atoms with Gasteiger partial charge in [-0.05, 0) is 36.4 Å². The molecule has 0 radical (unpaired) electrons. The van der Waals surface area contributed by atoms with Gasteiger partial charge in [0.05, 0.1) is 12.3 Å². The highest BCUT2D eigenvalue weighted by molar-refractivity contribution is 8.01. The fraction of sp³-hybridized carbons (Fsp3) is 0.133. The van der Waals surface area contributed by atoms with E-state index in [0.717, 1.165) is 11.3 Å². The molecule has 124 valence electrons. The van der Waals surface area contributed by atoms with E-state index in [-0.39, 0.29) is 11.7 Å². The van der Waals surface area contributed by atoms with Crippen molar-refractivity contribution >= 4 is 45.7 Å². The van der Waals surface area contributed by atoms with Gasteiger partial charge in [0.15, 0.2) is 4.34 Å². The normalized spacial score (nSPS) is 10.7. The number of nitrogens with one attached hydrogen (secondary N) is 1. The van der Waals surface area contributed by atoms with Crippen molar-refractivity contribution in [3.8, 4) is 11.3 Å². The number of nitrogens with zero attached hydrogens (tertiary/aromatic N) is 2. The van der Waals surface area contributed by atoms with Crippen LogP contribution in [0.5, 0.6) is 0 Å². The van der Waals surface area contributed by atoms with Crippen LogP contribution in [0.1, 0.15) is 5.76 Å². The Morgan fingerprint density at radius 2 is 2.04 bits per heavy atom. The number of nitrogens with two attached hydrogens (primary N) is 1. The van der Waals surface area contributed by atoms with E-state index < -0.39 is 0 Å². The number of rotatable bonds is 6. The van der Waals surface area contributed by atoms with Gasteiger partial charge >= 0.3 is 0 Å². The number of carbonyl (C=O) groups excluding carboxylic acids is 1. The molecule has 24 heavy (non-hydrogen) atoms. The Morgan fingerprint density at radius 1 is 1.25 bits per heavy atom. The molecule has 0 aliphatic carbocycles. The molecule has 0 saturated heterocycles. The number of aromatic nitrogens is 2. The molecule has 0 unspecified atom stereocenters. The molecular weight excluding hydrogens is 368 g/mol. The van der Waals surface area contributed by atoms with Gasteiger partial charge in [0.1, 0.15) is 11.5 Å². The van der Waals surface area contributed by atoms with Crippen LogP contribution >= 0.6 is 34.7 Å². The van der Waals surface area contributed by atoms with Crippen molar-refractivity contribution in [1.82, 2.24) is 15.5 Å². The number of halogens is 1. The highest BCUT2D eigenvalue weighted by Crippen LogP contribution is 2.24. The van der Waals surface area contributed by atoms with E-state index in [4.69, 9.17) is 21.8 Å². The number of thioether (sulfide) groups is 1. The Hall–Kier alpha value is -2.03. The van der Waals surface area contributed by atoms with Crippen LogP contribution < -0.4 is 11.1 Å². The minimum Gasteiger partial charge on any atom is -0.459 e. The van der Waals surface area contributed by atoms with E-state index in [9.17, 15) is 4.79 Å². The van der Waals surface area contributed by atoms with Crippen LogP contribution in [0.3, 0.4) is 0 Å². The minimum atomic E-state index is -0.113. The van der Waals surface area contributed by atoms with Crippen LogP contribution in [0.25, 0.3) is 11.3 Å².